The van der Waals surface area contributed by atoms with Crippen LogP contribution in [-0.2, 0) is 25.4 Å². The van der Waals surface area contributed by atoms with Gasteiger partial charge >= 0.3 is 13.1 Å². The minimum Gasteiger partial charge on any atom is -0.497 e. The normalized spacial score (nSPS) is 16.3. The number of hydrogen-bond acceptors (Lipinski definition) is 6. The molecule has 8 nitrogen and oxygen atoms in total. The van der Waals surface area contributed by atoms with Gasteiger partial charge in [-0.3, -0.25) is 9.59 Å². The number of rotatable bonds is 12. The van der Waals surface area contributed by atoms with Crippen molar-refractivity contribution in [2.45, 2.75) is 64.7 Å². The van der Waals surface area contributed by atoms with Crippen LogP contribution < -0.4 is 10.1 Å². The molecular weight excluding hydrogens is 629 g/mol. The van der Waals surface area contributed by atoms with Crippen LogP contribution in [0.3, 0.4) is 0 Å². The Morgan fingerprint density at radius 1 is 0.980 bits per heavy atom. The smallest absolute Gasteiger partial charge is 0.457 e. The summed E-state index contributed by atoms with van der Waals surface area (Å²) in [6.45, 7) is 6.12. The number of amides is 1. The molecule has 2 unspecified atom stereocenters. The van der Waals surface area contributed by atoms with Crippen molar-refractivity contribution < 1.29 is 37.2 Å². The van der Waals surface area contributed by atoms with E-state index in [1.54, 1.807) is 31.4 Å². The molecule has 2 atom stereocenters. The number of carbonyl (C=O) groups is 2. The molecule has 5 rings (SSSR count). The zero-order chi connectivity index (χ0) is 35.1. The highest BCUT2D eigenvalue weighted by Gasteiger charge is 2.34. The van der Waals surface area contributed by atoms with Gasteiger partial charge in [0.25, 0.3) is 5.91 Å². The molecule has 3 aromatic carbocycles. The van der Waals surface area contributed by atoms with E-state index in [4.69, 9.17) is 18.8 Å². The Morgan fingerprint density at radius 3 is 2.22 bits per heavy atom. The van der Waals surface area contributed by atoms with Gasteiger partial charge in [-0.2, -0.15) is 0 Å². The topological polar surface area (TPSA) is 88.0 Å². The van der Waals surface area contributed by atoms with Crippen molar-refractivity contribution in [1.29, 1.82) is 0 Å². The Kier molecular flexibility index (Phi) is 11.7. The summed E-state index contributed by atoms with van der Waals surface area (Å²) in [6, 6.07) is 19.3. The first-order valence-electron chi connectivity index (χ1n) is 16.4. The lowest BCUT2D eigenvalue weighted by molar-refractivity contribution is -0.143. The molecule has 0 bridgehead atoms. The summed E-state index contributed by atoms with van der Waals surface area (Å²) in [7, 11) is 2.41. The molecule has 49 heavy (non-hydrogen) atoms. The summed E-state index contributed by atoms with van der Waals surface area (Å²) >= 11 is 0. The molecule has 1 aliphatic heterocycles. The van der Waals surface area contributed by atoms with Crippen LogP contribution >= 0.6 is 0 Å². The summed E-state index contributed by atoms with van der Waals surface area (Å²) in [4.78, 5) is 26.4. The number of esters is 1. The number of hydrogen-bond donors (Lipinski definition) is 1. The van der Waals surface area contributed by atoms with E-state index in [-0.39, 0.29) is 30.9 Å². The van der Waals surface area contributed by atoms with E-state index in [2.05, 4.69) is 5.32 Å². The van der Waals surface area contributed by atoms with Gasteiger partial charge in [-0.15, -0.1) is 0 Å². The van der Waals surface area contributed by atoms with Crippen LogP contribution in [0, 0.1) is 11.6 Å². The highest BCUT2D eigenvalue weighted by atomic mass is 19.1. The lowest BCUT2D eigenvalue weighted by atomic mass is 9.82. The molecule has 256 valence electrons. The SMILES string of the molecule is CCB1OC(C=Cc2c(-c3ccc(F)cc3)c(-c3ccc(F)cc3)c(C(=O)NCc3cccc(OC)c3)n2C(C)C)CC(CC(=O)OC)O1. The molecule has 0 spiro atoms. The van der Waals surface area contributed by atoms with E-state index in [0.29, 0.717) is 52.1 Å². The molecule has 11 heteroatoms. The molecular formula is C38H41BF2N2O6. The van der Waals surface area contributed by atoms with Crippen molar-refractivity contribution in [3.8, 4) is 28.0 Å². The third kappa shape index (κ3) is 8.47. The van der Waals surface area contributed by atoms with Crippen molar-refractivity contribution in [3.63, 3.8) is 0 Å². The van der Waals surface area contributed by atoms with Gasteiger partial charge in [-0.05, 0) is 79.3 Å². The Labute approximate surface area is 286 Å². The van der Waals surface area contributed by atoms with Crippen LogP contribution in [0.1, 0.15) is 61.4 Å². The van der Waals surface area contributed by atoms with Gasteiger partial charge in [0.15, 0.2) is 0 Å². The largest absolute Gasteiger partial charge is 0.497 e. The summed E-state index contributed by atoms with van der Waals surface area (Å²) in [6.07, 6.45) is 4.08. The van der Waals surface area contributed by atoms with Gasteiger partial charge in [-0.25, -0.2) is 8.78 Å². The molecule has 4 aromatic rings. The molecule has 1 N–H and O–H groups in total. The molecule has 1 amide bonds. The zero-order valence-corrected chi connectivity index (χ0v) is 28.4. The summed E-state index contributed by atoms with van der Waals surface area (Å²) in [5.74, 6) is -0.856. The first kappa shape index (κ1) is 35.6. The lowest BCUT2D eigenvalue weighted by Gasteiger charge is -2.32. The molecule has 2 heterocycles. The predicted molar refractivity (Wildman–Crippen MR) is 186 cm³/mol. The fraction of sp³-hybridized carbons (Fsp3) is 0.316. The fourth-order valence-corrected chi connectivity index (χ4v) is 6.11. The van der Waals surface area contributed by atoms with Gasteiger partial charge < -0.3 is 28.7 Å². The number of halogens is 2. The Bertz CT molecular complexity index is 1790. The van der Waals surface area contributed by atoms with Crippen LogP contribution in [0.15, 0.2) is 78.9 Å². The number of carbonyl (C=O) groups excluding carboxylic acids is 2. The van der Waals surface area contributed by atoms with Crippen LogP contribution in [0.5, 0.6) is 5.75 Å². The first-order valence-corrected chi connectivity index (χ1v) is 16.4. The number of nitrogens with zero attached hydrogens (tertiary/aromatic N) is 1. The monoisotopic (exact) mass is 670 g/mol. The van der Waals surface area contributed by atoms with E-state index >= 15 is 0 Å². The number of benzene rings is 3. The lowest BCUT2D eigenvalue weighted by Crippen LogP contribution is -2.41. The number of aromatic nitrogens is 1. The van der Waals surface area contributed by atoms with Crippen molar-refractivity contribution in [3.05, 3.63) is 107 Å². The first-order chi connectivity index (χ1) is 23.6. The van der Waals surface area contributed by atoms with E-state index in [0.717, 1.165) is 5.56 Å². The molecule has 1 fully saturated rings. The maximum Gasteiger partial charge on any atom is 0.457 e. The van der Waals surface area contributed by atoms with E-state index < -0.39 is 31.0 Å². The van der Waals surface area contributed by atoms with Gasteiger partial charge in [0.1, 0.15) is 23.1 Å². The summed E-state index contributed by atoms with van der Waals surface area (Å²) < 4.78 is 52.8. The van der Waals surface area contributed by atoms with Crippen molar-refractivity contribution in [2.24, 2.45) is 0 Å². The second-order valence-corrected chi connectivity index (χ2v) is 12.1. The molecule has 1 aliphatic rings. The van der Waals surface area contributed by atoms with Crippen molar-refractivity contribution in [1.82, 2.24) is 9.88 Å². The fourth-order valence-electron chi connectivity index (χ4n) is 6.11. The molecule has 1 aromatic heterocycles. The summed E-state index contributed by atoms with van der Waals surface area (Å²) in [5.41, 5.74) is 4.43. The third-order valence-corrected chi connectivity index (χ3v) is 8.42. The predicted octanol–water partition coefficient (Wildman–Crippen LogP) is 7.88. The molecule has 1 saturated heterocycles. The Balaban J connectivity index is 1.67. The maximum atomic E-state index is 14.4. The van der Waals surface area contributed by atoms with Crippen LogP contribution in [0.2, 0.25) is 6.32 Å². The highest BCUT2D eigenvalue weighted by Crippen LogP contribution is 2.43. The standard InChI is InChI=1S/C38H41BF2N2O6/c1-6-39-48-31(21-32(49-39)22-34(44)47-5)18-19-33-35(26-10-14-28(40)15-11-26)36(27-12-16-29(41)17-13-27)37(43(33)24(2)3)38(45)42-23-25-8-7-9-30(20-25)46-4/h7-20,24,31-32H,6,21-23H2,1-5H3,(H,42,45). The van der Waals surface area contributed by atoms with Crippen LogP contribution in [0.4, 0.5) is 8.78 Å². The molecule has 0 aliphatic carbocycles. The van der Waals surface area contributed by atoms with Crippen molar-refractivity contribution >= 4 is 25.1 Å². The van der Waals surface area contributed by atoms with Gasteiger partial charge in [0, 0.05) is 35.8 Å². The second-order valence-electron chi connectivity index (χ2n) is 12.1. The Morgan fingerprint density at radius 2 is 1.63 bits per heavy atom. The minimum atomic E-state index is -0.515. The number of ether oxygens (including phenoxy) is 2. The van der Waals surface area contributed by atoms with Crippen LogP contribution in [-0.4, -0.2) is 50.0 Å². The van der Waals surface area contributed by atoms with Gasteiger partial charge in [0.05, 0.1) is 32.8 Å². The van der Waals surface area contributed by atoms with E-state index in [1.165, 1.54) is 31.4 Å². The van der Waals surface area contributed by atoms with E-state index in [9.17, 15) is 18.4 Å². The summed E-state index contributed by atoms with van der Waals surface area (Å²) in [5, 5.41) is 3.07. The number of nitrogens with one attached hydrogen (secondary N) is 1. The Hall–Kier alpha value is -4.74. The third-order valence-electron chi connectivity index (χ3n) is 8.42. The second kappa shape index (κ2) is 16.1. The highest BCUT2D eigenvalue weighted by molar-refractivity contribution is 6.44. The average molecular weight is 671 g/mol. The number of methoxy groups -OCH3 is 2. The van der Waals surface area contributed by atoms with Gasteiger partial charge in [0.2, 0.25) is 0 Å². The molecule has 0 saturated carbocycles. The van der Waals surface area contributed by atoms with Crippen LogP contribution in [0.25, 0.3) is 28.3 Å². The quantitative estimate of drug-likeness (QED) is 0.122. The van der Waals surface area contributed by atoms with E-state index in [1.807, 2.05) is 61.8 Å². The average Bonchev–Trinajstić information content (AvgIpc) is 3.45. The van der Waals surface area contributed by atoms with Crippen molar-refractivity contribution in [2.75, 3.05) is 14.2 Å². The zero-order valence-electron chi connectivity index (χ0n) is 28.4. The maximum absolute atomic E-state index is 14.4. The van der Waals surface area contributed by atoms with Gasteiger partial charge in [-0.1, -0.05) is 49.4 Å². The minimum absolute atomic E-state index is 0.0935. The molecule has 0 radical (unpaired) electrons.